The van der Waals surface area contributed by atoms with Gasteiger partial charge in [-0.25, -0.2) is 0 Å². The molecule has 5 aromatic carbocycles. The molecule has 6 heteroatoms. The summed E-state index contributed by atoms with van der Waals surface area (Å²) in [6, 6.07) is 44.0. The van der Waals surface area contributed by atoms with E-state index >= 15 is 0 Å². The summed E-state index contributed by atoms with van der Waals surface area (Å²) < 4.78 is 12.9. The Morgan fingerprint density at radius 2 is 1.29 bits per heavy atom. The van der Waals surface area contributed by atoms with Crippen molar-refractivity contribution in [1.82, 2.24) is 9.97 Å². The average molecular weight is 839 g/mol. The summed E-state index contributed by atoms with van der Waals surface area (Å²) in [4.78, 5) is 9.16. The number of aromatic nitrogens is 2. The van der Waals surface area contributed by atoms with E-state index in [2.05, 4.69) is 125 Å². The number of hydrogen-bond donors (Lipinski definition) is 0. The molecule has 9 rings (SSSR count). The smallest absolute Gasteiger partial charge is 0.239 e. The molecule has 4 heterocycles. The van der Waals surface area contributed by atoms with Crippen LogP contribution in [0, 0.1) is 46.8 Å². The van der Waals surface area contributed by atoms with Gasteiger partial charge in [0.15, 0.2) is 0 Å². The predicted octanol–water partition coefficient (Wildman–Crippen LogP) is 9.03. The Labute approximate surface area is 314 Å². The molecule has 0 unspecified atom stereocenters. The van der Waals surface area contributed by atoms with Crippen molar-refractivity contribution in [2.24, 2.45) is 0 Å². The Balaban J connectivity index is 0.000000214. The van der Waals surface area contributed by atoms with Gasteiger partial charge in [-0.05, 0) is 96.0 Å². The fourth-order valence-corrected chi connectivity index (χ4v) is 6.94. The molecule has 0 bridgehead atoms. The van der Waals surface area contributed by atoms with E-state index in [0.717, 1.165) is 67.5 Å². The number of benzene rings is 5. The summed E-state index contributed by atoms with van der Waals surface area (Å²) in [7, 11) is 0. The van der Waals surface area contributed by atoms with Crippen LogP contribution in [-0.4, -0.2) is 16.7 Å². The minimum atomic E-state index is 0. The Morgan fingerprint density at radius 1 is 0.588 bits per heavy atom. The molecular formula is C45H35BIrN2O2-2. The van der Waals surface area contributed by atoms with Crippen LogP contribution in [0.5, 0.6) is 23.0 Å². The molecule has 0 fully saturated rings. The van der Waals surface area contributed by atoms with Crippen LogP contribution in [0.2, 0.25) is 0 Å². The summed E-state index contributed by atoms with van der Waals surface area (Å²) in [6.07, 6.45) is 3.79. The number of para-hydroxylation sites is 2. The molecule has 0 saturated heterocycles. The number of fused-ring (bicyclic) bond motifs is 4. The minimum absolute atomic E-state index is 0. The monoisotopic (exact) mass is 839 g/mol. The summed E-state index contributed by atoms with van der Waals surface area (Å²) in [6.45, 7) is 10.6. The summed E-state index contributed by atoms with van der Waals surface area (Å²) in [5, 5.41) is 0. The molecule has 7 aromatic rings. The maximum Gasteiger partial charge on any atom is 0.239 e. The van der Waals surface area contributed by atoms with Crippen molar-refractivity contribution in [3.63, 3.8) is 0 Å². The molecule has 251 valence electrons. The van der Waals surface area contributed by atoms with Crippen molar-refractivity contribution in [3.05, 3.63) is 162 Å². The van der Waals surface area contributed by atoms with Crippen LogP contribution in [0.15, 0.2) is 122 Å². The molecule has 0 atom stereocenters. The standard InChI is InChI=1S/C31H21BNO2.C14H14N.Ir/c1-19-8-7-9-20(2)29(19)21-16-17-33-25(18-21)22-14-15-28-30-31(22)35-27-13-6-4-11-24(27)32(30)23-10-3-5-12-26(23)34-28;1-10-4-6-13(7-5-10)14-8-11(2)12(3)9-15-14;/h3-13,15-18H,1-2H3;4-6,8-9H,1-3H3;/q2*-1;. The van der Waals surface area contributed by atoms with E-state index in [1.165, 1.54) is 33.4 Å². The zero-order chi connectivity index (χ0) is 34.4. The second-order valence-electron chi connectivity index (χ2n) is 13.1. The van der Waals surface area contributed by atoms with E-state index in [1.54, 1.807) is 0 Å². The number of pyridine rings is 2. The van der Waals surface area contributed by atoms with Gasteiger partial charge in [-0.3, -0.25) is 0 Å². The molecule has 0 N–H and O–H groups in total. The van der Waals surface area contributed by atoms with E-state index in [9.17, 15) is 0 Å². The van der Waals surface area contributed by atoms with E-state index in [4.69, 9.17) is 14.5 Å². The Kier molecular flexibility index (Phi) is 9.48. The Hall–Kier alpha value is -5.29. The van der Waals surface area contributed by atoms with Gasteiger partial charge in [-0.2, -0.15) is 0 Å². The van der Waals surface area contributed by atoms with Crippen LogP contribution < -0.4 is 25.9 Å². The number of aryl methyl sites for hydroxylation is 5. The zero-order valence-electron chi connectivity index (χ0n) is 29.2. The molecule has 51 heavy (non-hydrogen) atoms. The molecule has 0 saturated carbocycles. The molecule has 0 spiro atoms. The van der Waals surface area contributed by atoms with E-state index < -0.39 is 0 Å². The van der Waals surface area contributed by atoms with Gasteiger partial charge in [0.2, 0.25) is 6.71 Å². The van der Waals surface area contributed by atoms with Crippen molar-refractivity contribution in [2.45, 2.75) is 34.6 Å². The molecule has 1 radical (unpaired) electrons. The van der Waals surface area contributed by atoms with Gasteiger partial charge in [-0.15, -0.1) is 47.5 Å². The second kappa shape index (κ2) is 14.1. The van der Waals surface area contributed by atoms with Gasteiger partial charge < -0.3 is 19.4 Å². The average Bonchev–Trinajstić information content (AvgIpc) is 3.13. The van der Waals surface area contributed by atoms with Crippen molar-refractivity contribution in [3.8, 4) is 56.6 Å². The molecule has 0 amide bonds. The third-order valence-corrected chi connectivity index (χ3v) is 9.67. The van der Waals surface area contributed by atoms with Crippen LogP contribution in [0.3, 0.4) is 0 Å². The maximum atomic E-state index is 6.57. The molecule has 2 aliphatic heterocycles. The number of rotatable bonds is 3. The first-order valence-electron chi connectivity index (χ1n) is 16.9. The first-order chi connectivity index (χ1) is 24.4. The minimum Gasteiger partial charge on any atom is -0.503 e. The van der Waals surface area contributed by atoms with Gasteiger partial charge in [0.1, 0.15) is 11.5 Å². The van der Waals surface area contributed by atoms with Crippen LogP contribution in [0.4, 0.5) is 0 Å². The van der Waals surface area contributed by atoms with Crippen molar-refractivity contribution < 1.29 is 29.6 Å². The Morgan fingerprint density at radius 3 is 1.98 bits per heavy atom. The van der Waals surface area contributed by atoms with Crippen LogP contribution in [-0.2, 0) is 20.1 Å². The van der Waals surface area contributed by atoms with Gasteiger partial charge in [0.25, 0.3) is 0 Å². The topological polar surface area (TPSA) is 44.2 Å². The third-order valence-electron chi connectivity index (χ3n) is 9.67. The van der Waals surface area contributed by atoms with Gasteiger partial charge in [0, 0.05) is 44.0 Å². The van der Waals surface area contributed by atoms with Gasteiger partial charge >= 0.3 is 0 Å². The molecule has 2 aromatic heterocycles. The fraction of sp³-hybridized carbons (Fsp3) is 0.111. The third kappa shape index (κ3) is 6.42. The van der Waals surface area contributed by atoms with Crippen LogP contribution >= 0.6 is 0 Å². The van der Waals surface area contributed by atoms with Crippen molar-refractivity contribution in [1.29, 1.82) is 0 Å². The van der Waals surface area contributed by atoms with Gasteiger partial charge in [-0.1, -0.05) is 90.2 Å². The van der Waals surface area contributed by atoms with Gasteiger partial charge in [0.05, 0.1) is 0 Å². The SMILES string of the molecule is Cc1c[c-]c(-c2cc(C)c(C)cn2)cc1.Cc1cccc(C)c1-c1ccnc(-c2[c-]cc3c4c2Oc2ccccc2B4c2ccccc2O3)c1.[Ir]. The first-order valence-corrected chi connectivity index (χ1v) is 16.9. The zero-order valence-corrected chi connectivity index (χ0v) is 31.6. The van der Waals surface area contributed by atoms with E-state index in [1.807, 2.05) is 48.8 Å². The number of nitrogens with zero attached hydrogens (tertiary/aromatic N) is 2. The molecule has 0 aliphatic carbocycles. The van der Waals surface area contributed by atoms with E-state index in [0.29, 0.717) is 0 Å². The quantitative estimate of drug-likeness (QED) is 0.132. The molecular weight excluding hydrogens is 804 g/mol. The summed E-state index contributed by atoms with van der Waals surface area (Å²) >= 11 is 0. The van der Waals surface area contributed by atoms with Crippen LogP contribution in [0.1, 0.15) is 27.8 Å². The van der Waals surface area contributed by atoms with Crippen molar-refractivity contribution >= 4 is 23.1 Å². The van der Waals surface area contributed by atoms with Crippen molar-refractivity contribution in [2.75, 3.05) is 0 Å². The summed E-state index contributed by atoms with van der Waals surface area (Å²) in [5.41, 5.74) is 15.7. The molecule has 2 aliphatic rings. The number of hydrogen-bond acceptors (Lipinski definition) is 4. The predicted molar refractivity (Wildman–Crippen MR) is 204 cm³/mol. The first kappa shape index (κ1) is 34.2. The van der Waals surface area contributed by atoms with Crippen LogP contribution in [0.25, 0.3) is 33.6 Å². The fourth-order valence-electron chi connectivity index (χ4n) is 6.94. The largest absolute Gasteiger partial charge is 0.503 e. The number of ether oxygens (including phenoxy) is 2. The maximum absolute atomic E-state index is 6.57. The Bertz CT molecular complexity index is 2380. The second-order valence-corrected chi connectivity index (χ2v) is 13.1. The summed E-state index contributed by atoms with van der Waals surface area (Å²) in [5.74, 6) is 3.29. The molecule has 4 nitrogen and oxygen atoms in total. The normalized spacial score (nSPS) is 11.7. The van der Waals surface area contributed by atoms with E-state index in [-0.39, 0.29) is 26.8 Å².